The minimum absolute atomic E-state index is 0.0348. The van der Waals surface area contributed by atoms with Crippen LogP contribution in [0.2, 0.25) is 0 Å². The third-order valence-electron chi connectivity index (χ3n) is 2.31. The van der Waals surface area contributed by atoms with Crippen molar-refractivity contribution in [3.05, 3.63) is 35.9 Å². The van der Waals surface area contributed by atoms with Crippen LogP contribution in [0.1, 0.15) is 16.5 Å². The second-order valence-corrected chi connectivity index (χ2v) is 3.83. The Hall–Kier alpha value is -1.43. The maximum atomic E-state index is 11.3. The minimum atomic E-state index is -3.02. The summed E-state index contributed by atoms with van der Waals surface area (Å²) in [6, 6.07) is 8.87. The number of esters is 1. The van der Waals surface area contributed by atoms with E-state index in [-0.39, 0.29) is 6.61 Å². The minimum Gasteiger partial charge on any atom is -0.467 e. The molecule has 1 rings (SSSR count). The molecule has 0 aliphatic carbocycles. The summed E-state index contributed by atoms with van der Waals surface area (Å²) in [5.41, 5.74) is -1.98. The van der Waals surface area contributed by atoms with Crippen molar-refractivity contribution < 1.29 is 28.6 Å². The van der Waals surface area contributed by atoms with Gasteiger partial charge in [0.15, 0.2) is 6.10 Å². The molecule has 0 radical (unpaired) electrons. The molecule has 2 atom stereocenters. The molecular formula is C13H18O5. The predicted octanol–water partition coefficient (Wildman–Crippen LogP) is 0.488. The molecule has 1 aromatic carbocycles. The standard InChI is InChI=1S/C13H18O5/c1-13(16,11(14)12(15)17-2)9-18-8-10-6-4-3-5-7-10/h3-7,11,14,16H,8-9H2,1-2H3/t11-,13+/m1/s1/i1D3. The highest BCUT2D eigenvalue weighted by Gasteiger charge is 2.37. The molecule has 5 nitrogen and oxygen atoms in total. The Morgan fingerprint density at radius 1 is 1.50 bits per heavy atom. The largest absolute Gasteiger partial charge is 0.467 e. The third kappa shape index (κ3) is 4.10. The summed E-state index contributed by atoms with van der Waals surface area (Å²) in [4.78, 5) is 11.3. The van der Waals surface area contributed by atoms with Crippen LogP contribution < -0.4 is 0 Å². The van der Waals surface area contributed by atoms with E-state index in [0.717, 1.165) is 12.7 Å². The van der Waals surface area contributed by atoms with Gasteiger partial charge in [0.25, 0.3) is 0 Å². The Balaban J connectivity index is 2.77. The van der Waals surface area contributed by atoms with E-state index in [1.165, 1.54) is 0 Å². The number of hydrogen-bond acceptors (Lipinski definition) is 5. The van der Waals surface area contributed by atoms with Crippen LogP contribution in [0.25, 0.3) is 0 Å². The van der Waals surface area contributed by atoms with Crippen molar-refractivity contribution in [2.75, 3.05) is 13.7 Å². The summed E-state index contributed by atoms with van der Waals surface area (Å²) in [5.74, 6) is -1.24. The van der Waals surface area contributed by atoms with Gasteiger partial charge in [-0.2, -0.15) is 0 Å². The van der Waals surface area contributed by atoms with Gasteiger partial charge in [0.1, 0.15) is 5.60 Å². The van der Waals surface area contributed by atoms with Crippen LogP contribution in [0.5, 0.6) is 0 Å². The second kappa shape index (κ2) is 6.49. The number of benzene rings is 1. The van der Waals surface area contributed by atoms with E-state index in [1.807, 2.05) is 6.07 Å². The molecule has 0 amide bonds. The average molecular weight is 257 g/mol. The molecule has 18 heavy (non-hydrogen) atoms. The number of aliphatic hydroxyl groups is 2. The maximum Gasteiger partial charge on any atom is 0.337 e. The Kier molecular flexibility index (Phi) is 3.78. The molecule has 0 saturated heterocycles. The van der Waals surface area contributed by atoms with E-state index < -0.39 is 31.1 Å². The van der Waals surface area contributed by atoms with Gasteiger partial charge in [-0.25, -0.2) is 4.79 Å². The quantitative estimate of drug-likeness (QED) is 0.725. The van der Waals surface area contributed by atoms with Crippen LogP contribution in [-0.2, 0) is 20.9 Å². The summed E-state index contributed by atoms with van der Waals surface area (Å²) in [7, 11) is 0.982. The van der Waals surface area contributed by atoms with Crippen molar-refractivity contribution in [1.29, 1.82) is 0 Å². The van der Waals surface area contributed by atoms with Crippen molar-refractivity contribution in [2.24, 2.45) is 0 Å². The van der Waals surface area contributed by atoms with E-state index in [1.54, 1.807) is 24.3 Å². The molecule has 1 aromatic rings. The number of rotatable bonds is 6. The second-order valence-electron chi connectivity index (χ2n) is 3.83. The lowest BCUT2D eigenvalue weighted by atomic mass is 10.0. The maximum absolute atomic E-state index is 11.3. The van der Waals surface area contributed by atoms with E-state index in [2.05, 4.69) is 4.74 Å². The third-order valence-corrected chi connectivity index (χ3v) is 2.31. The van der Waals surface area contributed by atoms with Gasteiger partial charge in [0.2, 0.25) is 0 Å². The number of aliphatic hydroxyl groups excluding tert-OH is 1. The molecule has 0 saturated carbocycles. The highest BCUT2D eigenvalue weighted by Crippen LogP contribution is 2.13. The fourth-order valence-electron chi connectivity index (χ4n) is 1.28. The van der Waals surface area contributed by atoms with Crippen LogP contribution >= 0.6 is 0 Å². The molecule has 0 unspecified atom stereocenters. The van der Waals surface area contributed by atoms with Crippen molar-refractivity contribution in [1.82, 2.24) is 0 Å². The Morgan fingerprint density at radius 3 is 2.72 bits per heavy atom. The van der Waals surface area contributed by atoms with Gasteiger partial charge in [-0.15, -0.1) is 0 Å². The predicted molar refractivity (Wildman–Crippen MR) is 64.7 cm³/mol. The summed E-state index contributed by atoms with van der Waals surface area (Å²) < 4.78 is 31.3. The van der Waals surface area contributed by atoms with Crippen LogP contribution in [0, 0.1) is 0 Å². The van der Waals surface area contributed by atoms with Gasteiger partial charge in [0.05, 0.1) is 20.3 Å². The van der Waals surface area contributed by atoms with Crippen molar-refractivity contribution in [2.45, 2.75) is 25.2 Å². The lowest BCUT2D eigenvalue weighted by molar-refractivity contribution is -0.172. The van der Waals surface area contributed by atoms with Crippen LogP contribution in [-0.4, -0.2) is 41.6 Å². The van der Waals surface area contributed by atoms with Crippen LogP contribution in [0.15, 0.2) is 30.3 Å². The van der Waals surface area contributed by atoms with E-state index in [4.69, 9.17) is 8.85 Å². The zero-order chi connectivity index (χ0) is 16.1. The van der Waals surface area contributed by atoms with E-state index in [0.29, 0.717) is 0 Å². The Morgan fingerprint density at radius 2 is 2.17 bits per heavy atom. The fraction of sp³-hybridized carbons (Fsp3) is 0.462. The van der Waals surface area contributed by atoms with Gasteiger partial charge in [-0.3, -0.25) is 0 Å². The molecule has 0 spiro atoms. The number of hydrogen-bond donors (Lipinski definition) is 2. The van der Waals surface area contributed by atoms with Gasteiger partial charge in [-0.1, -0.05) is 30.3 Å². The number of carbonyl (C=O) groups excluding carboxylic acids is 1. The number of ether oxygens (including phenoxy) is 2. The van der Waals surface area contributed by atoms with E-state index >= 15 is 0 Å². The molecule has 0 heterocycles. The zero-order valence-electron chi connectivity index (χ0n) is 13.0. The highest BCUT2D eigenvalue weighted by atomic mass is 16.5. The first-order chi connectivity index (χ1) is 9.72. The number of methoxy groups -OCH3 is 1. The smallest absolute Gasteiger partial charge is 0.337 e. The van der Waals surface area contributed by atoms with Gasteiger partial charge < -0.3 is 19.7 Å². The number of carbonyl (C=O) groups is 1. The molecule has 0 aliphatic heterocycles. The van der Waals surface area contributed by atoms with Crippen molar-refractivity contribution >= 4 is 5.97 Å². The van der Waals surface area contributed by atoms with Gasteiger partial charge in [0, 0.05) is 4.11 Å². The topological polar surface area (TPSA) is 76.0 Å². The molecule has 5 heteroatoms. The Bertz CT molecular complexity index is 463. The van der Waals surface area contributed by atoms with Crippen LogP contribution in [0.3, 0.4) is 0 Å². The van der Waals surface area contributed by atoms with E-state index in [9.17, 15) is 15.0 Å². The molecule has 0 fully saturated rings. The molecular weight excluding hydrogens is 236 g/mol. The molecule has 0 aromatic heterocycles. The Labute approximate surface area is 110 Å². The normalized spacial score (nSPS) is 18.9. The zero-order valence-corrected chi connectivity index (χ0v) is 10.00. The highest BCUT2D eigenvalue weighted by molar-refractivity contribution is 5.75. The first kappa shape index (κ1) is 10.5. The molecule has 100 valence electrons. The lowest BCUT2D eigenvalue weighted by Crippen LogP contribution is -2.48. The van der Waals surface area contributed by atoms with Crippen molar-refractivity contribution in [3.8, 4) is 0 Å². The average Bonchev–Trinajstić information content (AvgIpc) is 2.45. The summed E-state index contributed by atoms with van der Waals surface area (Å²) in [6.07, 6.45) is -2.23. The first-order valence-electron chi connectivity index (χ1n) is 6.82. The summed E-state index contributed by atoms with van der Waals surface area (Å²) in [6.45, 7) is -3.72. The van der Waals surface area contributed by atoms with Crippen molar-refractivity contribution in [3.63, 3.8) is 0 Å². The van der Waals surface area contributed by atoms with Gasteiger partial charge >= 0.3 is 5.97 Å². The summed E-state index contributed by atoms with van der Waals surface area (Å²) >= 11 is 0. The SMILES string of the molecule is [2H]C([2H])([2H])[C@](O)(COCc1ccccc1)[C@H](O)C(=O)OC. The monoisotopic (exact) mass is 257 g/mol. The lowest BCUT2D eigenvalue weighted by Gasteiger charge is -2.26. The fourth-order valence-corrected chi connectivity index (χ4v) is 1.28. The molecule has 0 aliphatic rings. The molecule has 0 bridgehead atoms. The van der Waals surface area contributed by atoms with Gasteiger partial charge in [-0.05, 0) is 12.4 Å². The first-order valence-corrected chi connectivity index (χ1v) is 5.32. The molecule has 2 N–H and O–H groups in total. The van der Waals surface area contributed by atoms with Crippen LogP contribution in [0.4, 0.5) is 0 Å². The summed E-state index contributed by atoms with van der Waals surface area (Å²) in [5, 5.41) is 19.9.